The van der Waals surface area contributed by atoms with Crippen molar-refractivity contribution in [2.75, 3.05) is 23.7 Å². The molecule has 1 aliphatic rings. The van der Waals surface area contributed by atoms with E-state index in [2.05, 4.69) is 15.6 Å². The smallest absolute Gasteiger partial charge is 0.246 e. The average Bonchev–Trinajstić information content (AvgIpc) is 3.19. The fraction of sp³-hybridized carbons (Fsp3) is 0.250. The van der Waals surface area contributed by atoms with Crippen molar-refractivity contribution in [2.45, 2.75) is 19.8 Å². The molecule has 0 radical (unpaired) electrons. The minimum atomic E-state index is -0.154. The number of rotatable bonds is 5. The Morgan fingerprint density at radius 1 is 1.06 bits per heavy atom. The molecular formula is C24H24N4O3S. The summed E-state index contributed by atoms with van der Waals surface area (Å²) in [7, 11) is 0. The third kappa shape index (κ3) is 5.39. The number of likely N-dealkylation sites (tertiary alicyclic amines) is 1. The van der Waals surface area contributed by atoms with E-state index >= 15 is 0 Å². The van der Waals surface area contributed by atoms with Crippen molar-refractivity contribution in [2.24, 2.45) is 5.92 Å². The van der Waals surface area contributed by atoms with Crippen LogP contribution in [-0.2, 0) is 14.4 Å². The van der Waals surface area contributed by atoms with Gasteiger partial charge < -0.3 is 15.5 Å². The summed E-state index contributed by atoms with van der Waals surface area (Å²) in [5.41, 5.74) is 2.45. The maximum absolute atomic E-state index is 12.7. The van der Waals surface area contributed by atoms with Crippen LogP contribution in [0.4, 0.5) is 10.8 Å². The van der Waals surface area contributed by atoms with Crippen LogP contribution in [0.2, 0.25) is 0 Å². The number of carbonyl (C=O) groups is 3. The fourth-order valence-electron chi connectivity index (χ4n) is 3.67. The lowest BCUT2D eigenvalue weighted by Crippen LogP contribution is -2.40. The van der Waals surface area contributed by atoms with E-state index in [0.717, 1.165) is 15.8 Å². The quantitative estimate of drug-likeness (QED) is 0.574. The van der Waals surface area contributed by atoms with Gasteiger partial charge >= 0.3 is 0 Å². The lowest BCUT2D eigenvalue weighted by atomic mass is 9.96. The summed E-state index contributed by atoms with van der Waals surface area (Å²) in [5, 5.41) is 6.20. The molecule has 1 fully saturated rings. The minimum Gasteiger partial charge on any atom is -0.339 e. The van der Waals surface area contributed by atoms with E-state index in [1.807, 2.05) is 48.5 Å². The van der Waals surface area contributed by atoms with E-state index in [1.165, 1.54) is 18.3 Å². The van der Waals surface area contributed by atoms with Crippen LogP contribution < -0.4 is 10.6 Å². The Hall–Kier alpha value is -3.52. The molecule has 2 N–H and O–H groups in total. The van der Waals surface area contributed by atoms with E-state index in [4.69, 9.17) is 0 Å². The standard InChI is InChI=1S/C24H24N4O3S/c1-16(29)25-19-8-9-20-21(15-19)32-24(26-20)27-23(31)18-11-13-28(14-12-18)22(30)10-7-17-5-3-2-4-6-17/h2-10,15,18H,11-14H2,1H3,(H,25,29)(H,26,27,31)/b10-7+. The highest BCUT2D eigenvalue weighted by atomic mass is 32.1. The first kappa shape index (κ1) is 21.7. The SMILES string of the molecule is CC(=O)Nc1ccc2nc(NC(=O)C3CCN(C(=O)/C=C/c4ccccc4)CC3)sc2c1. The van der Waals surface area contributed by atoms with E-state index in [0.29, 0.717) is 36.8 Å². The van der Waals surface area contributed by atoms with Crippen molar-refractivity contribution < 1.29 is 14.4 Å². The molecule has 32 heavy (non-hydrogen) atoms. The number of hydrogen-bond donors (Lipinski definition) is 2. The highest BCUT2D eigenvalue weighted by Gasteiger charge is 2.27. The normalized spacial score (nSPS) is 14.6. The molecule has 8 heteroatoms. The number of anilines is 2. The van der Waals surface area contributed by atoms with Gasteiger partial charge in [-0.2, -0.15) is 0 Å². The molecule has 2 heterocycles. The summed E-state index contributed by atoms with van der Waals surface area (Å²) in [6.45, 7) is 2.56. The predicted molar refractivity (Wildman–Crippen MR) is 127 cm³/mol. The van der Waals surface area contributed by atoms with Gasteiger partial charge in [0.15, 0.2) is 5.13 Å². The number of nitrogens with zero attached hydrogens (tertiary/aromatic N) is 2. The van der Waals surface area contributed by atoms with Crippen LogP contribution in [0.5, 0.6) is 0 Å². The molecule has 1 aliphatic heterocycles. The van der Waals surface area contributed by atoms with E-state index in [1.54, 1.807) is 17.0 Å². The van der Waals surface area contributed by atoms with Crippen molar-refractivity contribution in [1.82, 2.24) is 9.88 Å². The second kappa shape index (κ2) is 9.74. The Morgan fingerprint density at radius 2 is 1.81 bits per heavy atom. The number of thiazole rings is 1. The zero-order valence-electron chi connectivity index (χ0n) is 17.7. The summed E-state index contributed by atoms with van der Waals surface area (Å²) < 4.78 is 0.886. The Kier molecular flexibility index (Phi) is 6.61. The average molecular weight is 449 g/mol. The van der Waals surface area contributed by atoms with Gasteiger partial charge in [0.25, 0.3) is 0 Å². The van der Waals surface area contributed by atoms with E-state index < -0.39 is 0 Å². The van der Waals surface area contributed by atoms with Crippen LogP contribution in [0, 0.1) is 5.92 Å². The third-order valence-electron chi connectivity index (χ3n) is 5.33. The van der Waals surface area contributed by atoms with Crippen LogP contribution in [0.25, 0.3) is 16.3 Å². The second-order valence-corrected chi connectivity index (χ2v) is 8.75. The van der Waals surface area contributed by atoms with Gasteiger partial charge in [-0.3, -0.25) is 14.4 Å². The van der Waals surface area contributed by atoms with Crippen LogP contribution in [0.15, 0.2) is 54.6 Å². The maximum Gasteiger partial charge on any atom is 0.246 e. The summed E-state index contributed by atoms with van der Waals surface area (Å²) >= 11 is 1.37. The first-order valence-electron chi connectivity index (χ1n) is 10.5. The first-order chi connectivity index (χ1) is 15.5. The van der Waals surface area contributed by atoms with Gasteiger partial charge in [-0.25, -0.2) is 4.98 Å². The molecule has 1 aromatic heterocycles. The zero-order chi connectivity index (χ0) is 22.5. The molecule has 4 rings (SSSR count). The molecular weight excluding hydrogens is 424 g/mol. The maximum atomic E-state index is 12.7. The van der Waals surface area contributed by atoms with Gasteiger partial charge in [0, 0.05) is 37.7 Å². The monoisotopic (exact) mass is 448 g/mol. The topological polar surface area (TPSA) is 91.4 Å². The molecule has 0 bridgehead atoms. The van der Waals surface area contributed by atoms with Gasteiger partial charge in [0.05, 0.1) is 10.2 Å². The molecule has 0 unspecified atom stereocenters. The highest BCUT2D eigenvalue weighted by molar-refractivity contribution is 7.22. The molecule has 0 atom stereocenters. The second-order valence-electron chi connectivity index (χ2n) is 7.72. The van der Waals surface area contributed by atoms with Crippen molar-refractivity contribution >= 4 is 56.2 Å². The molecule has 7 nitrogen and oxygen atoms in total. The van der Waals surface area contributed by atoms with Gasteiger partial charge in [-0.05, 0) is 42.7 Å². The van der Waals surface area contributed by atoms with Crippen LogP contribution in [0.3, 0.4) is 0 Å². The summed E-state index contributed by atoms with van der Waals surface area (Å²) in [6.07, 6.45) is 4.64. The number of amides is 3. The van der Waals surface area contributed by atoms with Crippen LogP contribution in [0.1, 0.15) is 25.3 Å². The number of nitrogens with one attached hydrogen (secondary N) is 2. The molecule has 0 aliphatic carbocycles. The van der Waals surface area contributed by atoms with Crippen LogP contribution in [-0.4, -0.2) is 40.7 Å². The van der Waals surface area contributed by atoms with E-state index in [9.17, 15) is 14.4 Å². The molecule has 0 saturated carbocycles. The molecule has 3 amide bonds. The Balaban J connectivity index is 1.31. The number of carbonyl (C=O) groups excluding carboxylic acids is 3. The lowest BCUT2D eigenvalue weighted by molar-refractivity contribution is -0.130. The summed E-state index contributed by atoms with van der Waals surface area (Å²) in [4.78, 5) is 42.6. The Bertz CT molecular complexity index is 1160. The van der Waals surface area contributed by atoms with Crippen molar-refractivity contribution in [3.8, 4) is 0 Å². The summed E-state index contributed by atoms with van der Waals surface area (Å²) in [6, 6.07) is 15.1. The number of hydrogen-bond acceptors (Lipinski definition) is 5. The van der Waals surface area contributed by atoms with Gasteiger partial charge in [-0.1, -0.05) is 41.7 Å². The number of fused-ring (bicyclic) bond motifs is 1. The molecule has 2 aromatic carbocycles. The fourth-order valence-corrected chi connectivity index (χ4v) is 4.57. The summed E-state index contributed by atoms with van der Waals surface area (Å²) in [5.74, 6) is -0.395. The molecule has 164 valence electrons. The Morgan fingerprint density at radius 3 is 2.53 bits per heavy atom. The largest absolute Gasteiger partial charge is 0.339 e. The minimum absolute atomic E-state index is 0.0335. The number of piperidine rings is 1. The van der Waals surface area contributed by atoms with Crippen LogP contribution >= 0.6 is 11.3 Å². The predicted octanol–water partition coefficient (Wildman–Crippen LogP) is 4.15. The lowest BCUT2D eigenvalue weighted by Gasteiger charge is -2.30. The van der Waals surface area contributed by atoms with Crippen molar-refractivity contribution in [3.63, 3.8) is 0 Å². The Labute approximate surface area is 190 Å². The number of aromatic nitrogens is 1. The van der Waals surface area contributed by atoms with Crippen molar-refractivity contribution in [3.05, 3.63) is 60.2 Å². The highest BCUT2D eigenvalue weighted by Crippen LogP contribution is 2.29. The molecule has 0 spiro atoms. The number of benzene rings is 2. The third-order valence-corrected chi connectivity index (χ3v) is 6.27. The van der Waals surface area contributed by atoms with Gasteiger partial charge in [0.1, 0.15) is 0 Å². The van der Waals surface area contributed by atoms with Gasteiger partial charge in [-0.15, -0.1) is 0 Å². The van der Waals surface area contributed by atoms with Crippen molar-refractivity contribution in [1.29, 1.82) is 0 Å². The molecule has 3 aromatic rings. The molecule has 1 saturated heterocycles. The first-order valence-corrected chi connectivity index (χ1v) is 11.3. The zero-order valence-corrected chi connectivity index (χ0v) is 18.5. The van der Waals surface area contributed by atoms with E-state index in [-0.39, 0.29) is 23.6 Å². The van der Waals surface area contributed by atoms with Gasteiger partial charge in [0.2, 0.25) is 17.7 Å².